The molecular weight excluding hydrogens is 386 g/mol. The minimum absolute atomic E-state index is 0.00715. The molecule has 152 valence electrons. The van der Waals surface area contributed by atoms with E-state index in [0.717, 1.165) is 5.39 Å². The Kier molecular flexibility index (Phi) is 4.79. The van der Waals surface area contributed by atoms with Crippen molar-refractivity contribution in [3.8, 4) is 5.75 Å². The van der Waals surface area contributed by atoms with E-state index in [1.165, 1.54) is 9.87 Å². The largest absolute Gasteiger partial charge is 0.491 e. The molecule has 0 spiro atoms. The van der Waals surface area contributed by atoms with E-state index >= 15 is 0 Å². The third-order valence-corrected chi connectivity index (χ3v) is 7.04. The van der Waals surface area contributed by atoms with Gasteiger partial charge in [-0.05, 0) is 40.6 Å². The first kappa shape index (κ1) is 19.7. The molecule has 3 aromatic rings. The summed E-state index contributed by atoms with van der Waals surface area (Å²) in [5.41, 5.74) is 1.85. The molecule has 6 heteroatoms. The fraction of sp³-hybridized carbons (Fsp3) is 0.304. The van der Waals surface area contributed by atoms with Gasteiger partial charge in [-0.1, -0.05) is 57.2 Å². The number of ether oxygens (including phenoxy) is 1. The standard InChI is InChI=1S/C23H25NO4S/c1-23(2,3)17-10-12-19(13-11-17)28-15-18(25)14-24-20-8-4-6-16-7-5-9-21(22(16)20)29(24,26)27/h4-13,18,25H,14-15H2,1-3H3/t18-/m0/s1. The second kappa shape index (κ2) is 7.04. The molecule has 1 aliphatic heterocycles. The van der Waals surface area contributed by atoms with Crippen LogP contribution in [0.1, 0.15) is 26.3 Å². The summed E-state index contributed by atoms with van der Waals surface area (Å²) in [6.07, 6.45) is -0.961. The van der Waals surface area contributed by atoms with Crippen molar-refractivity contribution in [2.75, 3.05) is 17.5 Å². The highest BCUT2D eigenvalue weighted by Crippen LogP contribution is 2.41. The van der Waals surface area contributed by atoms with Crippen LogP contribution in [0.4, 0.5) is 5.69 Å². The van der Waals surface area contributed by atoms with Gasteiger partial charge in [-0.2, -0.15) is 0 Å². The highest BCUT2D eigenvalue weighted by molar-refractivity contribution is 7.93. The number of anilines is 1. The molecule has 0 unspecified atom stereocenters. The van der Waals surface area contributed by atoms with Crippen molar-refractivity contribution < 1.29 is 18.3 Å². The normalized spacial score (nSPS) is 16.2. The molecule has 0 fully saturated rings. The lowest BCUT2D eigenvalue weighted by Gasteiger charge is -2.23. The average molecular weight is 412 g/mol. The van der Waals surface area contributed by atoms with Gasteiger partial charge in [-0.25, -0.2) is 8.42 Å². The van der Waals surface area contributed by atoms with Crippen LogP contribution in [-0.2, 0) is 15.4 Å². The molecule has 1 N–H and O–H groups in total. The predicted octanol–water partition coefficient (Wildman–Crippen LogP) is 4.09. The van der Waals surface area contributed by atoms with Crippen LogP contribution in [-0.4, -0.2) is 32.8 Å². The zero-order chi connectivity index (χ0) is 20.8. The van der Waals surface area contributed by atoms with Crippen LogP contribution in [0.15, 0.2) is 65.6 Å². The highest BCUT2D eigenvalue weighted by Gasteiger charge is 2.36. The van der Waals surface area contributed by atoms with Gasteiger partial charge in [-0.15, -0.1) is 0 Å². The van der Waals surface area contributed by atoms with E-state index in [2.05, 4.69) is 20.8 Å². The summed E-state index contributed by atoms with van der Waals surface area (Å²) >= 11 is 0. The van der Waals surface area contributed by atoms with Gasteiger partial charge in [0.2, 0.25) is 0 Å². The van der Waals surface area contributed by atoms with E-state index in [1.807, 2.05) is 42.5 Å². The molecule has 5 nitrogen and oxygen atoms in total. The van der Waals surface area contributed by atoms with E-state index < -0.39 is 16.1 Å². The van der Waals surface area contributed by atoms with Gasteiger partial charge >= 0.3 is 0 Å². The number of aliphatic hydroxyl groups is 1. The number of β-amino-alcohol motifs (C(OH)–C–C–N with tert-alkyl or cyclic N) is 1. The summed E-state index contributed by atoms with van der Waals surface area (Å²) in [7, 11) is -3.68. The highest BCUT2D eigenvalue weighted by atomic mass is 32.2. The summed E-state index contributed by atoms with van der Waals surface area (Å²) < 4.78 is 32.9. The number of sulfonamides is 1. The number of aliphatic hydroxyl groups excluding tert-OH is 1. The Hall–Kier alpha value is -2.57. The summed E-state index contributed by atoms with van der Waals surface area (Å²) in [6, 6.07) is 18.5. The lowest BCUT2D eigenvalue weighted by Crippen LogP contribution is -2.37. The third-order valence-electron chi connectivity index (χ3n) is 5.22. The Morgan fingerprint density at radius 2 is 1.66 bits per heavy atom. The summed E-state index contributed by atoms with van der Waals surface area (Å²) in [5.74, 6) is 0.645. The van der Waals surface area contributed by atoms with Crippen LogP contribution in [0.5, 0.6) is 5.75 Å². The van der Waals surface area contributed by atoms with Crippen LogP contribution >= 0.6 is 0 Å². The quantitative estimate of drug-likeness (QED) is 0.687. The van der Waals surface area contributed by atoms with Crippen LogP contribution < -0.4 is 9.04 Å². The number of hydrogen-bond donors (Lipinski definition) is 1. The van der Waals surface area contributed by atoms with Crippen molar-refractivity contribution in [2.24, 2.45) is 0 Å². The molecule has 1 atom stereocenters. The fourth-order valence-electron chi connectivity index (χ4n) is 3.64. The summed E-state index contributed by atoms with van der Waals surface area (Å²) in [5, 5.41) is 12.1. The Bertz CT molecular complexity index is 1140. The van der Waals surface area contributed by atoms with Gasteiger partial charge in [0.05, 0.1) is 17.1 Å². The molecule has 0 saturated heterocycles. The van der Waals surface area contributed by atoms with Crippen LogP contribution in [0.25, 0.3) is 10.8 Å². The Labute approximate surface area is 171 Å². The molecule has 0 bridgehead atoms. The molecular formula is C23H25NO4S. The molecule has 0 saturated carbocycles. The number of hydrogen-bond acceptors (Lipinski definition) is 4. The summed E-state index contributed by atoms with van der Waals surface area (Å²) in [4.78, 5) is 0.288. The van der Waals surface area contributed by atoms with Crippen molar-refractivity contribution in [2.45, 2.75) is 37.2 Å². The van der Waals surface area contributed by atoms with Crippen molar-refractivity contribution in [3.63, 3.8) is 0 Å². The van der Waals surface area contributed by atoms with Gasteiger partial charge in [-0.3, -0.25) is 4.31 Å². The minimum atomic E-state index is -3.68. The number of benzene rings is 3. The zero-order valence-corrected chi connectivity index (χ0v) is 17.6. The maximum absolute atomic E-state index is 13.0. The molecule has 0 aliphatic carbocycles. The van der Waals surface area contributed by atoms with Gasteiger partial charge in [0.25, 0.3) is 10.0 Å². The third kappa shape index (κ3) is 3.58. The monoisotopic (exact) mass is 411 g/mol. The second-order valence-electron chi connectivity index (χ2n) is 8.41. The average Bonchev–Trinajstić information content (AvgIpc) is 2.89. The van der Waals surface area contributed by atoms with Crippen molar-refractivity contribution in [1.29, 1.82) is 0 Å². The minimum Gasteiger partial charge on any atom is -0.491 e. The summed E-state index contributed by atoms with van der Waals surface area (Å²) in [6.45, 7) is 6.37. The van der Waals surface area contributed by atoms with Gasteiger partial charge in [0.1, 0.15) is 18.5 Å². The maximum atomic E-state index is 13.0. The molecule has 0 radical (unpaired) electrons. The van der Waals surface area contributed by atoms with Gasteiger partial charge < -0.3 is 9.84 Å². The molecule has 0 amide bonds. The number of rotatable bonds is 5. The van der Waals surface area contributed by atoms with E-state index in [9.17, 15) is 13.5 Å². The molecule has 3 aromatic carbocycles. The fourth-order valence-corrected chi connectivity index (χ4v) is 5.39. The maximum Gasteiger partial charge on any atom is 0.265 e. The Morgan fingerprint density at radius 3 is 2.31 bits per heavy atom. The van der Waals surface area contributed by atoms with Crippen molar-refractivity contribution in [1.82, 2.24) is 0 Å². The van der Waals surface area contributed by atoms with E-state index in [4.69, 9.17) is 4.74 Å². The Morgan fingerprint density at radius 1 is 1.00 bits per heavy atom. The molecule has 29 heavy (non-hydrogen) atoms. The first-order valence-corrected chi connectivity index (χ1v) is 11.1. The van der Waals surface area contributed by atoms with E-state index in [1.54, 1.807) is 18.2 Å². The number of nitrogens with zero attached hydrogens (tertiary/aromatic N) is 1. The molecule has 4 rings (SSSR count). The second-order valence-corrected chi connectivity index (χ2v) is 10.2. The topological polar surface area (TPSA) is 66.8 Å². The van der Waals surface area contributed by atoms with E-state index in [0.29, 0.717) is 16.8 Å². The van der Waals surface area contributed by atoms with Crippen LogP contribution in [0.2, 0.25) is 0 Å². The van der Waals surface area contributed by atoms with Crippen molar-refractivity contribution >= 4 is 26.5 Å². The Balaban J connectivity index is 1.48. The van der Waals surface area contributed by atoms with Gasteiger partial charge in [0.15, 0.2) is 0 Å². The SMILES string of the molecule is CC(C)(C)c1ccc(OC[C@@H](O)CN2c3cccc4cccc(c34)S2(=O)=O)cc1. The molecule has 1 aliphatic rings. The predicted molar refractivity (Wildman–Crippen MR) is 115 cm³/mol. The van der Waals surface area contributed by atoms with Crippen LogP contribution in [0.3, 0.4) is 0 Å². The lowest BCUT2D eigenvalue weighted by atomic mass is 9.87. The van der Waals surface area contributed by atoms with Crippen molar-refractivity contribution in [3.05, 3.63) is 66.2 Å². The lowest BCUT2D eigenvalue weighted by molar-refractivity contribution is 0.115. The first-order chi connectivity index (χ1) is 13.7. The molecule has 0 aromatic heterocycles. The van der Waals surface area contributed by atoms with E-state index in [-0.39, 0.29) is 23.5 Å². The first-order valence-electron chi connectivity index (χ1n) is 9.64. The van der Waals surface area contributed by atoms with Gasteiger partial charge in [0, 0.05) is 5.39 Å². The molecule has 1 heterocycles. The zero-order valence-electron chi connectivity index (χ0n) is 16.8. The smallest absolute Gasteiger partial charge is 0.265 e. The van der Waals surface area contributed by atoms with Crippen LogP contribution in [0, 0.1) is 0 Å².